The van der Waals surface area contributed by atoms with E-state index in [1.807, 2.05) is 6.07 Å². The van der Waals surface area contributed by atoms with Crippen LogP contribution in [0.1, 0.15) is 20.8 Å². The van der Waals surface area contributed by atoms with Crippen LogP contribution < -0.4 is 0 Å². The molecule has 0 spiro atoms. The van der Waals surface area contributed by atoms with Crippen molar-refractivity contribution in [1.82, 2.24) is 4.57 Å². The normalized spacial score (nSPS) is 12.5. The van der Waals surface area contributed by atoms with E-state index in [1.54, 1.807) is 12.1 Å². The van der Waals surface area contributed by atoms with Crippen molar-refractivity contribution in [1.29, 1.82) is 0 Å². The highest BCUT2D eigenvalue weighted by Gasteiger charge is 2.22. The summed E-state index contributed by atoms with van der Waals surface area (Å²) in [7, 11) is 0. The van der Waals surface area contributed by atoms with Crippen LogP contribution >= 0.6 is 0 Å². The van der Waals surface area contributed by atoms with Crippen LogP contribution in [0.25, 0.3) is 32.6 Å². The van der Waals surface area contributed by atoms with Gasteiger partial charge in [-0.05, 0) is 44.4 Å². The van der Waals surface area contributed by atoms with Gasteiger partial charge in [-0.15, -0.1) is 0 Å². The Morgan fingerprint density at radius 2 is 1.55 bits per heavy atom. The third-order valence-electron chi connectivity index (χ3n) is 4.29. The first-order chi connectivity index (χ1) is 10.5. The van der Waals surface area contributed by atoms with E-state index in [0.29, 0.717) is 0 Å². The molecule has 0 aliphatic heterocycles. The molecule has 1 heterocycles. The number of hydrogen-bond donors (Lipinski definition) is 0. The molecule has 0 fully saturated rings. The Morgan fingerprint density at radius 3 is 2.32 bits per heavy atom. The second kappa shape index (κ2) is 4.33. The van der Waals surface area contributed by atoms with Gasteiger partial charge in [-0.2, -0.15) is 0 Å². The number of benzene rings is 3. The molecule has 0 aliphatic rings. The van der Waals surface area contributed by atoms with Gasteiger partial charge >= 0.3 is 0 Å². The third kappa shape index (κ3) is 1.77. The highest BCUT2D eigenvalue weighted by atomic mass is 19.1. The van der Waals surface area contributed by atoms with E-state index >= 15 is 0 Å². The maximum absolute atomic E-state index is 13.8. The molecule has 0 amide bonds. The Balaban J connectivity index is 2.36. The van der Waals surface area contributed by atoms with Gasteiger partial charge in [0.05, 0.1) is 11.0 Å². The molecule has 0 radical (unpaired) electrons. The molecular formula is C20H18FN. The summed E-state index contributed by atoms with van der Waals surface area (Å²) < 4.78 is 16.1. The molecule has 0 bridgehead atoms. The molecule has 0 unspecified atom stereocenters. The van der Waals surface area contributed by atoms with Crippen LogP contribution in [0, 0.1) is 5.82 Å². The molecule has 1 aromatic heterocycles. The van der Waals surface area contributed by atoms with E-state index < -0.39 is 0 Å². The Bertz CT molecular complexity index is 1020. The van der Waals surface area contributed by atoms with E-state index in [1.165, 1.54) is 21.7 Å². The summed E-state index contributed by atoms with van der Waals surface area (Å²) in [5.41, 5.74) is 2.02. The number of fused-ring (bicyclic) bond motifs is 5. The van der Waals surface area contributed by atoms with Gasteiger partial charge in [-0.1, -0.05) is 36.4 Å². The molecule has 110 valence electrons. The average Bonchev–Trinajstić information content (AvgIpc) is 2.80. The van der Waals surface area contributed by atoms with Crippen LogP contribution in [0.2, 0.25) is 0 Å². The zero-order valence-corrected chi connectivity index (χ0v) is 13.0. The number of rotatable bonds is 0. The van der Waals surface area contributed by atoms with Gasteiger partial charge in [0.2, 0.25) is 0 Å². The Morgan fingerprint density at radius 1 is 0.818 bits per heavy atom. The lowest BCUT2D eigenvalue weighted by molar-refractivity contribution is 0.423. The van der Waals surface area contributed by atoms with Crippen LogP contribution in [-0.4, -0.2) is 4.57 Å². The minimum Gasteiger partial charge on any atom is -0.334 e. The number of halogens is 1. The van der Waals surface area contributed by atoms with Gasteiger partial charge in [-0.25, -0.2) is 4.39 Å². The largest absolute Gasteiger partial charge is 0.334 e. The van der Waals surface area contributed by atoms with Crippen molar-refractivity contribution >= 4 is 32.6 Å². The predicted octanol–water partition coefficient (Wildman–Crippen LogP) is 5.84. The average molecular weight is 291 g/mol. The van der Waals surface area contributed by atoms with Crippen molar-refractivity contribution < 1.29 is 4.39 Å². The SMILES string of the molecule is CC(C)(C)n1c2cc(F)ccc2c2ccc3ccccc3c21. The van der Waals surface area contributed by atoms with Crippen molar-refractivity contribution in [2.24, 2.45) is 0 Å². The second-order valence-electron chi connectivity index (χ2n) is 6.85. The fraction of sp³-hybridized carbons (Fsp3) is 0.200. The van der Waals surface area contributed by atoms with E-state index in [-0.39, 0.29) is 11.4 Å². The van der Waals surface area contributed by atoms with Crippen LogP contribution in [0.3, 0.4) is 0 Å². The Kier molecular flexibility index (Phi) is 2.62. The van der Waals surface area contributed by atoms with Gasteiger partial charge in [0, 0.05) is 21.7 Å². The summed E-state index contributed by atoms with van der Waals surface area (Å²) in [5, 5.41) is 4.72. The van der Waals surface area contributed by atoms with E-state index in [0.717, 1.165) is 10.9 Å². The van der Waals surface area contributed by atoms with Crippen LogP contribution in [-0.2, 0) is 5.54 Å². The summed E-state index contributed by atoms with van der Waals surface area (Å²) in [6, 6.07) is 17.8. The summed E-state index contributed by atoms with van der Waals surface area (Å²) in [5.74, 6) is -0.190. The summed E-state index contributed by atoms with van der Waals surface area (Å²) in [4.78, 5) is 0. The Hall–Kier alpha value is -2.35. The second-order valence-corrected chi connectivity index (χ2v) is 6.85. The molecule has 4 aromatic rings. The van der Waals surface area contributed by atoms with Crippen molar-refractivity contribution in [3.05, 3.63) is 60.4 Å². The number of hydrogen-bond acceptors (Lipinski definition) is 0. The van der Waals surface area contributed by atoms with Gasteiger partial charge in [0.15, 0.2) is 0 Å². The zero-order valence-electron chi connectivity index (χ0n) is 13.0. The lowest BCUT2D eigenvalue weighted by Gasteiger charge is -2.24. The zero-order chi connectivity index (χ0) is 15.5. The van der Waals surface area contributed by atoms with Gasteiger partial charge in [0.1, 0.15) is 5.82 Å². The topological polar surface area (TPSA) is 4.93 Å². The standard InChI is InChI=1S/C20H18FN/c1-20(2,3)22-18-12-14(21)9-11-16(18)17-10-8-13-6-4-5-7-15(13)19(17)22/h4-12H,1-3H3. The molecular weight excluding hydrogens is 273 g/mol. The molecule has 22 heavy (non-hydrogen) atoms. The van der Waals surface area contributed by atoms with Gasteiger partial charge in [-0.3, -0.25) is 0 Å². The minimum absolute atomic E-state index is 0.127. The monoisotopic (exact) mass is 291 g/mol. The van der Waals surface area contributed by atoms with Crippen molar-refractivity contribution in [3.63, 3.8) is 0 Å². The maximum Gasteiger partial charge on any atom is 0.125 e. The molecule has 0 aliphatic carbocycles. The summed E-state index contributed by atoms with van der Waals surface area (Å²) in [6.07, 6.45) is 0. The predicted molar refractivity (Wildman–Crippen MR) is 91.9 cm³/mol. The summed E-state index contributed by atoms with van der Waals surface area (Å²) >= 11 is 0. The first kappa shape index (κ1) is 13.3. The van der Waals surface area contributed by atoms with E-state index in [4.69, 9.17) is 0 Å². The molecule has 0 saturated carbocycles. The van der Waals surface area contributed by atoms with Crippen molar-refractivity contribution in [2.75, 3.05) is 0 Å². The lowest BCUT2D eigenvalue weighted by Crippen LogP contribution is -2.21. The number of nitrogens with zero attached hydrogens (tertiary/aromatic N) is 1. The highest BCUT2D eigenvalue weighted by molar-refractivity contribution is 6.17. The highest BCUT2D eigenvalue weighted by Crippen LogP contribution is 2.38. The van der Waals surface area contributed by atoms with Crippen molar-refractivity contribution in [3.8, 4) is 0 Å². The minimum atomic E-state index is -0.190. The molecule has 3 aromatic carbocycles. The van der Waals surface area contributed by atoms with Crippen LogP contribution in [0.15, 0.2) is 54.6 Å². The van der Waals surface area contributed by atoms with Gasteiger partial charge in [0.25, 0.3) is 0 Å². The number of aromatic nitrogens is 1. The Labute approximate surface area is 129 Å². The van der Waals surface area contributed by atoms with E-state index in [2.05, 4.69) is 61.7 Å². The molecule has 0 atom stereocenters. The van der Waals surface area contributed by atoms with Crippen molar-refractivity contribution in [2.45, 2.75) is 26.3 Å². The van der Waals surface area contributed by atoms with Crippen LogP contribution in [0.5, 0.6) is 0 Å². The fourth-order valence-corrected chi connectivity index (χ4v) is 3.45. The molecule has 2 heteroatoms. The van der Waals surface area contributed by atoms with E-state index in [9.17, 15) is 4.39 Å². The fourth-order valence-electron chi connectivity index (χ4n) is 3.45. The molecule has 0 saturated heterocycles. The smallest absolute Gasteiger partial charge is 0.125 e. The summed E-state index contributed by atoms with van der Waals surface area (Å²) in [6.45, 7) is 6.50. The van der Waals surface area contributed by atoms with Crippen LogP contribution in [0.4, 0.5) is 4.39 Å². The lowest BCUT2D eigenvalue weighted by atomic mass is 10.0. The molecule has 1 nitrogen and oxygen atoms in total. The molecule has 0 N–H and O–H groups in total. The molecule has 4 rings (SSSR count). The van der Waals surface area contributed by atoms with Gasteiger partial charge < -0.3 is 4.57 Å². The first-order valence-corrected chi connectivity index (χ1v) is 7.59. The third-order valence-corrected chi connectivity index (χ3v) is 4.29. The quantitative estimate of drug-likeness (QED) is 0.383. The maximum atomic E-state index is 13.8. The first-order valence-electron chi connectivity index (χ1n) is 7.59.